The minimum Gasteiger partial charge on any atom is -0.462 e. The van der Waals surface area contributed by atoms with Crippen molar-refractivity contribution < 1.29 is 14.3 Å². The van der Waals surface area contributed by atoms with Gasteiger partial charge in [-0.05, 0) is 58.2 Å². The maximum atomic E-state index is 12.8. The standard InChI is InChI=1S/C27H29NO3S/c1-27(2,3)22-12-6-19(7-13-22)18-28(25(29)26(30)31-4)23-14-8-20(9-15-23)21-10-16-24(32-5)17-11-21/h6-17H,18H2,1-5H3. The second-order valence-electron chi connectivity index (χ2n) is 8.61. The number of hydrogen-bond acceptors (Lipinski definition) is 4. The van der Waals surface area contributed by atoms with E-state index < -0.39 is 11.9 Å². The Labute approximate surface area is 194 Å². The first-order valence-corrected chi connectivity index (χ1v) is 11.7. The largest absolute Gasteiger partial charge is 0.462 e. The predicted molar refractivity (Wildman–Crippen MR) is 132 cm³/mol. The molecule has 0 saturated carbocycles. The van der Waals surface area contributed by atoms with Crippen molar-refractivity contribution in [2.75, 3.05) is 18.3 Å². The molecule has 0 fully saturated rings. The van der Waals surface area contributed by atoms with Crippen molar-refractivity contribution in [2.24, 2.45) is 0 Å². The molecule has 1 amide bonds. The van der Waals surface area contributed by atoms with Crippen LogP contribution in [0.4, 0.5) is 5.69 Å². The summed E-state index contributed by atoms with van der Waals surface area (Å²) in [6.07, 6.45) is 2.05. The summed E-state index contributed by atoms with van der Waals surface area (Å²) in [6, 6.07) is 24.1. The van der Waals surface area contributed by atoms with E-state index in [1.807, 2.05) is 42.7 Å². The molecule has 0 spiro atoms. The minimum absolute atomic E-state index is 0.0455. The summed E-state index contributed by atoms with van der Waals surface area (Å²) in [5.74, 6) is -1.57. The van der Waals surface area contributed by atoms with Gasteiger partial charge in [0.2, 0.25) is 0 Å². The Morgan fingerprint density at radius 2 is 1.38 bits per heavy atom. The number of hydrogen-bond donors (Lipinski definition) is 0. The lowest BCUT2D eigenvalue weighted by Gasteiger charge is -2.23. The van der Waals surface area contributed by atoms with E-state index in [0.29, 0.717) is 5.69 Å². The van der Waals surface area contributed by atoms with Crippen LogP contribution >= 0.6 is 11.8 Å². The average molecular weight is 448 g/mol. The molecule has 0 radical (unpaired) electrons. The smallest absolute Gasteiger partial charge is 0.397 e. The highest BCUT2D eigenvalue weighted by atomic mass is 32.2. The van der Waals surface area contributed by atoms with E-state index >= 15 is 0 Å². The first kappa shape index (κ1) is 23.6. The fraction of sp³-hybridized carbons (Fsp3) is 0.259. The van der Waals surface area contributed by atoms with Gasteiger partial charge in [-0.25, -0.2) is 4.79 Å². The summed E-state index contributed by atoms with van der Waals surface area (Å²) in [7, 11) is 1.22. The van der Waals surface area contributed by atoms with Gasteiger partial charge in [-0.15, -0.1) is 11.8 Å². The zero-order chi connectivity index (χ0) is 23.3. The lowest BCUT2D eigenvalue weighted by Crippen LogP contribution is -2.36. The number of methoxy groups -OCH3 is 1. The Bertz CT molecular complexity index is 1070. The maximum Gasteiger partial charge on any atom is 0.397 e. The molecule has 0 unspecified atom stereocenters. The monoisotopic (exact) mass is 447 g/mol. The molecule has 3 rings (SSSR count). The summed E-state index contributed by atoms with van der Waals surface area (Å²) in [5.41, 5.74) is 4.98. The molecule has 0 aliphatic rings. The second-order valence-corrected chi connectivity index (χ2v) is 9.48. The summed E-state index contributed by atoms with van der Waals surface area (Å²) < 4.78 is 4.70. The maximum absolute atomic E-state index is 12.8. The first-order valence-electron chi connectivity index (χ1n) is 10.5. The van der Waals surface area contributed by atoms with Crippen molar-refractivity contribution in [3.05, 3.63) is 83.9 Å². The molecule has 3 aromatic carbocycles. The molecule has 5 heteroatoms. The highest BCUT2D eigenvalue weighted by Gasteiger charge is 2.24. The molecule has 166 valence electrons. The van der Waals surface area contributed by atoms with E-state index in [2.05, 4.69) is 57.2 Å². The number of carbonyl (C=O) groups excluding carboxylic acids is 2. The van der Waals surface area contributed by atoms with Crippen molar-refractivity contribution in [2.45, 2.75) is 37.6 Å². The number of ether oxygens (including phenoxy) is 1. The number of nitrogens with zero attached hydrogens (tertiary/aromatic N) is 1. The van der Waals surface area contributed by atoms with Crippen molar-refractivity contribution in [1.82, 2.24) is 0 Å². The van der Waals surface area contributed by atoms with Gasteiger partial charge in [-0.3, -0.25) is 9.69 Å². The van der Waals surface area contributed by atoms with Crippen LogP contribution in [0.1, 0.15) is 31.9 Å². The SMILES string of the molecule is COC(=O)C(=O)N(Cc1ccc(C(C)(C)C)cc1)c1ccc(-c2ccc(SC)cc2)cc1. The Kier molecular flexibility index (Phi) is 7.41. The summed E-state index contributed by atoms with van der Waals surface area (Å²) in [4.78, 5) is 27.5. The zero-order valence-electron chi connectivity index (χ0n) is 19.2. The molecule has 0 aromatic heterocycles. The van der Waals surface area contributed by atoms with Crippen LogP contribution in [0.2, 0.25) is 0 Å². The summed E-state index contributed by atoms with van der Waals surface area (Å²) >= 11 is 1.70. The van der Waals surface area contributed by atoms with E-state index in [1.54, 1.807) is 11.8 Å². The summed E-state index contributed by atoms with van der Waals surface area (Å²) in [5, 5.41) is 0. The average Bonchev–Trinajstić information content (AvgIpc) is 2.81. The molecule has 0 aliphatic heterocycles. The van der Waals surface area contributed by atoms with Crippen LogP contribution < -0.4 is 4.90 Å². The van der Waals surface area contributed by atoms with Crippen molar-refractivity contribution >= 4 is 29.3 Å². The van der Waals surface area contributed by atoms with Gasteiger partial charge in [-0.2, -0.15) is 0 Å². The topological polar surface area (TPSA) is 46.6 Å². The molecule has 4 nitrogen and oxygen atoms in total. The van der Waals surface area contributed by atoms with Crippen LogP contribution in [0.3, 0.4) is 0 Å². The predicted octanol–water partition coefficient (Wildman–Crippen LogP) is 6.08. The molecule has 0 saturated heterocycles. The zero-order valence-corrected chi connectivity index (χ0v) is 20.0. The molecule has 0 aliphatic carbocycles. The van der Waals surface area contributed by atoms with Crippen molar-refractivity contribution in [3.8, 4) is 11.1 Å². The number of anilines is 1. The lowest BCUT2D eigenvalue weighted by atomic mass is 9.87. The van der Waals surface area contributed by atoms with Gasteiger partial charge in [0.05, 0.1) is 13.7 Å². The number of amides is 1. The number of rotatable bonds is 5. The molecular weight excluding hydrogens is 418 g/mol. The Hall–Kier alpha value is -3.05. The van der Waals surface area contributed by atoms with E-state index in [4.69, 9.17) is 4.74 Å². The van der Waals surface area contributed by atoms with Gasteiger partial charge in [0.15, 0.2) is 0 Å². The number of benzene rings is 3. The van der Waals surface area contributed by atoms with Crippen LogP contribution in [0.5, 0.6) is 0 Å². The van der Waals surface area contributed by atoms with E-state index in [9.17, 15) is 9.59 Å². The lowest BCUT2D eigenvalue weighted by molar-refractivity contribution is -0.151. The van der Waals surface area contributed by atoms with Crippen LogP contribution in [0.15, 0.2) is 77.7 Å². The van der Waals surface area contributed by atoms with Gasteiger partial charge in [0.1, 0.15) is 0 Å². The van der Waals surface area contributed by atoms with Crippen LogP contribution in [0, 0.1) is 0 Å². The van der Waals surface area contributed by atoms with Gasteiger partial charge in [0.25, 0.3) is 0 Å². The molecular formula is C27H29NO3S. The summed E-state index contributed by atoms with van der Waals surface area (Å²) in [6.45, 7) is 6.75. The molecule has 0 bridgehead atoms. The third-order valence-electron chi connectivity index (χ3n) is 5.37. The molecule has 32 heavy (non-hydrogen) atoms. The first-order chi connectivity index (χ1) is 15.2. The molecule has 3 aromatic rings. The van der Waals surface area contributed by atoms with Gasteiger partial charge >= 0.3 is 11.9 Å². The fourth-order valence-electron chi connectivity index (χ4n) is 3.39. The number of carbonyl (C=O) groups is 2. The highest BCUT2D eigenvalue weighted by Crippen LogP contribution is 2.27. The molecule has 0 atom stereocenters. The van der Waals surface area contributed by atoms with E-state index in [0.717, 1.165) is 16.7 Å². The van der Waals surface area contributed by atoms with Crippen LogP contribution in [-0.4, -0.2) is 25.2 Å². The molecule has 0 N–H and O–H groups in total. The van der Waals surface area contributed by atoms with Gasteiger partial charge < -0.3 is 4.74 Å². The Morgan fingerprint density at radius 3 is 1.84 bits per heavy atom. The van der Waals surface area contributed by atoms with Gasteiger partial charge in [0, 0.05) is 10.6 Å². The van der Waals surface area contributed by atoms with Crippen LogP contribution in [0.25, 0.3) is 11.1 Å². The highest BCUT2D eigenvalue weighted by molar-refractivity contribution is 7.98. The minimum atomic E-state index is -0.881. The van der Waals surface area contributed by atoms with Crippen molar-refractivity contribution in [1.29, 1.82) is 0 Å². The Balaban J connectivity index is 1.88. The van der Waals surface area contributed by atoms with Crippen LogP contribution in [-0.2, 0) is 26.3 Å². The third-order valence-corrected chi connectivity index (χ3v) is 6.11. The van der Waals surface area contributed by atoms with E-state index in [1.165, 1.54) is 22.5 Å². The molecule has 0 heterocycles. The third kappa shape index (κ3) is 5.60. The van der Waals surface area contributed by atoms with Gasteiger partial charge in [-0.1, -0.05) is 69.3 Å². The quantitative estimate of drug-likeness (QED) is 0.270. The second kappa shape index (κ2) is 10.0. The van der Waals surface area contributed by atoms with E-state index in [-0.39, 0.29) is 12.0 Å². The van der Waals surface area contributed by atoms with Crippen molar-refractivity contribution in [3.63, 3.8) is 0 Å². The number of thioether (sulfide) groups is 1. The number of esters is 1. The normalized spacial score (nSPS) is 11.2. The fourth-order valence-corrected chi connectivity index (χ4v) is 3.80. The Morgan fingerprint density at radius 1 is 0.844 bits per heavy atom.